The average Bonchev–Trinajstić information content (AvgIpc) is 3.26. The number of morpholine rings is 1. The maximum absolute atomic E-state index is 13.2. The Bertz CT molecular complexity index is 814. The van der Waals surface area contributed by atoms with Crippen molar-refractivity contribution in [2.45, 2.75) is 37.5 Å². The Morgan fingerprint density at radius 2 is 2.26 bits per heavy atom. The van der Waals surface area contributed by atoms with Crippen LogP contribution >= 0.6 is 0 Å². The minimum absolute atomic E-state index is 0.0511. The quantitative estimate of drug-likeness (QED) is 0.816. The molecule has 3 atom stereocenters. The van der Waals surface area contributed by atoms with Crippen LogP contribution in [0.1, 0.15) is 35.3 Å². The molecule has 2 fully saturated rings. The van der Waals surface area contributed by atoms with E-state index in [4.69, 9.17) is 9.47 Å². The summed E-state index contributed by atoms with van der Waals surface area (Å²) in [5, 5.41) is 3.74. The second-order valence-corrected chi connectivity index (χ2v) is 6.73. The summed E-state index contributed by atoms with van der Waals surface area (Å²) < 4.78 is 39.6. The molecule has 1 saturated carbocycles. The van der Waals surface area contributed by atoms with Gasteiger partial charge in [0.2, 0.25) is 0 Å². The molecular weight excluding hydrogens is 358 g/mol. The van der Waals surface area contributed by atoms with E-state index < -0.39 is 18.0 Å². The highest BCUT2D eigenvalue weighted by atomic mass is 19.3. The van der Waals surface area contributed by atoms with Gasteiger partial charge in [0, 0.05) is 26.0 Å². The fourth-order valence-corrected chi connectivity index (χ4v) is 3.87. The first-order chi connectivity index (χ1) is 13.0. The zero-order valence-corrected chi connectivity index (χ0v) is 14.8. The molecule has 3 heterocycles. The van der Waals surface area contributed by atoms with Crippen LogP contribution < -0.4 is 4.74 Å². The van der Waals surface area contributed by atoms with E-state index in [0.717, 1.165) is 0 Å². The lowest BCUT2D eigenvalue weighted by molar-refractivity contribution is -0.0787. The molecule has 7 nitrogen and oxygen atoms in total. The van der Waals surface area contributed by atoms with Crippen molar-refractivity contribution in [1.29, 1.82) is 0 Å². The summed E-state index contributed by atoms with van der Waals surface area (Å²) >= 11 is 0. The Balaban J connectivity index is 1.53. The van der Waals surface area contributed by atoms with Gasteiger partial charge in [0.15, 0.2) is 0 Å². The van der Waals surface area contributed by atoms with Gasteiger partial charge in [0.05, 0.1) is 24.4 Å². The lowest BCUT2D eigenvalue weighted by atomic mass is 10.1. The van der Waals surface area contributed by atoms with E-state index in [1.807, 2.05) is 6.07 Å². The molecule has 1 saturated heterocycles. The van der Waals surface area contributed by atoms with Crippen LogP contribution in [0.5, 0.6) is 5.75 Å². The smallest absolute Gasteiger partial charge is 0.282 e. The van der Waals surface area contributed by atoms with Crippen LogP contribution in [0.15, 0.2) is 30.7 Å². The van der Waals surface area contributed by atoms with Crippen LogP contribution in [0.2, 0.25) is 0 Å². The number of aryl methyl sites for hydroxylation is 1. The lowest BCUT2D eigenvalue weighted by Gasteiger charge is -2.39. The Hall–Kier alpha value is -2.55. The number of ether oxygens (including phenoxy) is 2. The van der Waals surface area contributed by atoms with Gasteiger partial charge in [-0.05, 0) is 25.0 Å². The summed E-state index contributed by atoms with van der Waals surface area (Å²) in [6.45, 7) is 0.696. The van der Waals surface area contributed by atoms with E-state index in [0.29, 0.717) is 31.7 Å². The summed E-state index contributed by atoms with van der Waals surface area (Å²) in [4.78, 5) is 18.6. The molecule has 2 aromatic heterocycles. The van der Waals surface area contributed by atoms with E-state index in [-0.39, 0.29) is 23.8 Å². The Kier molecular flexibility index (Phi) is 4.77. The molecule has 2 aromatic rings. The normalized spacial score (nSPS) is 24.9. The molecule has 0 unspecified atom stereocenters. The molecule has 9 heteroatoms. The molecular formula is C18H20F2N4O3. The highest BCUT2D eigenvalue weighted by Gasteiger charge is 2.46. The number of hydrogen-bond donors (Lipinski definition) is 0. The van der Waals surface area contributed by atoms with E-state index in [2.05, 4.69) is 10.1 Å². The van der Waals surface area contributed by atoms with E-state index in [1.54, 1.807) is 23.4 Å². The second kappa shape index (κ2) is 7.22. The van der Waals surface area contributed by atoms with Crippen LogP contribution in [-0.2, 0) is 11.8 Å². The first kappa shape index (κ1) is 17.8. The molecule has 4 rings (SSSR count). The number of halogens is 2. The fourth-order valence-electron chi connectivity index (χ4n) is 3.87. The number of aromatic nitrogens is 3. The predicted molar refractivity (Wildman–Crippen MR) is 90.6 cm³/mol. The largest absolute Gasteiger partial charge is 0.486 e. The summed E-state index contributed by atoms with van der Waals surface area (Å²) in [7, 11) is 1.53. The fraction of sp³-hybridized carbons (Fsp3) is 0.500. The van der Waals surface area contributed by atoms with Gasteiger partial charge in [-0.3, -0.25) is 14.5 Å². The average molecular weight is 378 g/mol. The maximum Gasteiger partial charge on any atom is 0.282 e. The molecule has 0 aromatic carbocycles. The number of rotatable bonds is 4. The minimum atomic E-state index is -2.80. The number of hydrogen-bond acceptors (Lipinski definition) is 5. The summed E-state index contributed by atoms with van der Waals surface area (Å²) in [5.41, 5.74) is -0.531. The Labute approximate surface area is 154 Å². The van der Waals surface area contributed by atoms with Crippen molar-refractivity contribution < 1.29 is 23.0 Å². The Morgan fingerprint density at radius 1 is 1.41 bits per heavy atom. The summed E-state index contributed by atoms with van der Waals surface area (Å²) in [5.74, 6) is 0.209. The number of carbonyl (C=O) groups excluding carboxylic acids is 1. The summed E-state index contributed by atoms with van der Waals surface area (Å²) in [6.07, 6.45) is 2.74. The van der Waals surface area contributed by atoms with Gasteiger partial charge in [-0.1, -0.05) is 0 Å². The first-order valence-electron chi connectivity index (χ1n) is 8.85. The van der Waals surface area contributed by atoms with Gasteiger partial charge in [-0.15, -0.1) is 0 Å². The third kappa shape index (κ3) is 3.39. The van der Waals surface area contributed by atoms with Crippen LogP contribution in [0.3, 0.4) is 0 Å². The molecule has 0 bridgehead atoms. The van der Waals surface area contributed by atoms with Crippen molar-refractivity contribution in [3.8, 4) is 5.75 Å². The zero-order valence-electron chi connectivity index (χ0n) is 14.8. The van der Waals surface area contributed by atoms with Crippen molar-refractivity contribution in [3.63, 3.8) is 0 Å². The molecule has 144 valence electrons. The third-order valence-corrected chi connectivity index (χ3v) is 5.01. The van der Waals surface area contributed by atoms with Crippen molar-refractivity contribution in [2.24, 2.45) is 7.05 Å². The zero-order chi connectivity index (χ0) is 19.0. The van der Waals surface area contributed by atoms with Crippen LogP contribution in [-0.4, -0.2) is 57.0 Å². The van der Waals surface area contributed by atoms with Crippen LogP contribution in [0.4, 0.5) is 8.78 Å². The van der Waals surface area contributed by atoms with Gasteiger partial charge in [0.1, 0.15) is 23.7 Å². The van der Waals surface area contributed by atoms with Crippen molar-refractivity contribution >= 4 is 5.91 Å². The molecule has 0 spiro atoms. The molecule has 1 aliphatic heterocycles. The third-order valence-electron chi connectivity index (χ3n) is 5.01. The van der Waals surface area contributed by atoms with Gasteiger partial charge in [-0.25, -0.2) is 8.78 Å². The van der Waals surface area contributed by atoms with Crippen molar-refractivity contribution in [3.05, 3.63) is 42.0 Å². The number of pyridine rings is 1. The predicted octanol–water partition coefficient (Wildman–Crippen LogP) is 2.20. The molecule has 1 amide bonds. The highest BCUT2D eigenvalue weighted by molar-refractivity contribution is 5.95. The topological polar surface area (TPSA) is 69.5 Å². The van der Waals surface area contributed by atoms with Gasteiger partial charge >= 0.3 is 0 Å². The number of fused-ring (bicyclic) bond motifs is 1. The molecule has 27 heavy (non-hydrogen) atoms. The number of carbonyl (C=O) groups is 1. The molecule has 2 aliphatic rings. The van der Waals surface area contributed by atoms with Gasteiger partial charge in [-0.2, -0.15) is 5.10 Å². The van der Waals surface area contributed by atoms with E-state index in [1.165, 1.54) is 17.9 Å². The van der Waals surface area contributed by atoms with Gasteiger partial charge < -0.3 is 14.4 Å². The lowest BCUT2D eigenvalue weighted by Crippen LogP contribution is -2.54. The molecule has 0 radical (unpaired) electrons. The molecule has 0 N–H and O–H groups in total. The number of nitrogens with zero attached hydrogens (tertiary/aromatic N) is 4. The van der Waals surface area contributed by atoms with Gasteiger partial charge in [0.25, 0.3) is 12.3 Å². The van der Waals surface area contributed by atoms with Crippen molar-refractivity contribution in [1.82, 2.24) is 19.7 Å². The SMILES string of the molecule is Cn1cc(C(=O)N2CCO[C@H]3[C@H](Oc4cccnc4)CC[C@@H]32)c(C(F)F)n1. The minimum Gasteiger partial charge on any atom is -0.486 e. The monoisotopic (exact) mass is 378 g/mol. The maximum atomic E-state index is 13.2. The number of amides is 1. The highest BCUT2D eigenvalue weighted by Crippen LogP contribution is 2.34. The van der Waals surface area contributed by atoms with Crippen LogP contribution in [0, 0.1) is 0 Å². The second-order valence-electron chi connectivity index (χ2n) is 6.73. The van der Waals surface area contributed by atoms with E-state index >= 15 is 0 Å². The van der Waals surface area contributed by atoms with Crippen molar-refractivity contribution in [2.75, 3.05) is 13.2 Å². The first-order valence-corrected chi connectivity index (χ1v) is 8.85. The number of alkyl halides is 2. The molecule has 1 aliphatic carbocycles. The summed E-state index contributed by atoms with van der Waals surface area (Å²) in [6, 6.07) is 3.39. The Morgan fingerprint density at radius 3 is 3.00 bits per heavy atom. The standard InChI is InChI=1S/C18H20F2N4O3/c1-23-10-12(15(22-23)17(19)20)18(25)24-7-8-26-16-13(24)4-5-14(16)27-11-3-2-6-21-9-11/h2-3,6,9-10,13-14,16-17H,4-5,7-8H2,1H3/t13-,14+,16+/m0/s1. The van der Waals surface area contributed by atoms with Crippen LogP contribution in [0.25, 0.3) is 0 Å². The van der Waals surface area contributed by atoms with E-state index in [9.17, 15) is 13.6 Å².